The second-order valence-electron chi connectivity index (χ2n) is 5.57. The van der Waals surface area contributed by atoms with Gasteiger partial charge in [0.25, 0.3) is 5.56 Å². The molecule has 0 spiro atoms. The van der Waals surface area contributed by atoms with Gasteiger partial charge in [-0.1, -0.05) is 13.8 Å². The summed E-state index contributed by atoms with van der Waals surface area (Å²) in [5, 5.41) is 13.4. The van der Waals surface area contributed by atoms with Gasteiger partial charge in [-0.25, -0.2) is 4.79 Å². The Morgan fingerprint density at radius 3 is 2.55 bits per heavy atom. The number of pyridine rings is 1. The number of aliphatic hydroxyl groups is 1. The SMILES string of the molecule is CC(C)(CCO)CNC(=O)Nc1cc(C(F)(F)F)c[nH]c1=O. The molecule has 2 amide bonds. The zero-order valence-electron chi connectivity index (χ0n) is 12.2. The number of alkyl halides is 3. The number of anilines is 1. The van der Waals surface area contributed by atoms with E-state index < -0.39 is 29.0 Å². The van der Waals surface area contributed by atoms with Crippen LogP contribution >= 0.6 is 0 Å². The summed E-state index contributed by atoms with van der Waals surface area (Å²) >= 11 is 0. The Morgan fingerprint density at radius 2 is 2.00 bits per heavy atom. The summed E-state index contributed by atoms with van der Waals surface area (Å²) in [5.74, 6) is 0. The van der Waals surface area contributed by atoms with Gasteiger partial charge in [0, 0.05) is 19.3 Å². The second kappa shape index (κ2) is 6.82. The summed E-state index contributed by atoms with van der Waals surface area (Å²) in [6.45, 7) is 3.75. The van der Waals surface area contributed by atoms with Gasteiger partial charge in [-0.05, 0) is 17.9 Å². The van der Waals surface area contributed by atoms with E-state index in [1.54, 1.807) is 13.8 Å². The monoisotopic (exact) mass is 321 g/mol. The molecule has 6 nitrogen and oxygen atoms in total. The van der Waals surface area contributed by atoms with E-state index in [0.29, 0.717) is 18.7 Å². The van der Waals surface area contributed by atoms with Crippen molar-refractivity contribution in [2.24, 2.45) is 5.41 Å². The number of urea groups is 1. The number of halogens is 3. The van der Waals surface area contributed by atoms with Gasteiger partial charge in [-0.3, -0.25) is 4.79 Å². The molecule has 1 heterocycles. The standard InChI is InChI=1S/C13H18F3N3O3/c1-12(2,3-4-20)7-18-11(22)19-9-5-8(13(14,15)16)6-17-10(9)21/h5-6,20H,3-4,7H2,1-2H3,(H,17,21)(H2,18,19,22). The highest BCUT2D eigenvalue weighted by Crippen LogP contribution is 2.29. The maximum atomic E-state index is 12.6. The molecule has 1 rings (SSSR count). The molecule has 0 bridgehead atoms. The van der Waals surface area contributed by atoms with Crippen LogP contribution in [0.15, 0.2) is 17.1 Å². The molecule has 0 atom stereocenters. The minimum absolute atomic E-state index is 0.0520. The third-order valence-electron chi connectivity index (χ3n) is 2.99. The lowest BCUT2D eigenvalue weighted by molar-refractivity contribution is -0.137. The van der Waals surface area contributed by atoms with Crippen molar-refractivity contribution in [1.82, 2.24) is 10.3 Å². The molecule has 0 unspecified atom stereocenters. The molecule has 0 radical (unpaired) electrons. The number of hydrogen-bond acceptors (Lipinski definition) is 3. The fourth-order valence-corrected chi connectivity index (χ4v) is 1.62. The molecule has 0 aliphatic carbocycles. The van der Waals surface area contributed by atoms with Gasteiger partial charge in [0.1, 0.15) is 5.69 Å². The van der Waals surface area contributed by atoms with Crippen LogP contribution in [0, 0.1) is 5.41 Å². The zero-order valence-corrected chi connectivity index (χ0v) is 12.2. The number of amides is 2. The average molecular weight is 321 g/mol. The molecule has 4 N–H and O–H groups in total. The van der Waals surface area contributed by atoms with E-state index in [1.807, 2.05) is 4.98 Å². The van der Waals surface area contributed by atoms with E-state index in [0.717, 1.165) is 0 Å². The van der Waals surface area contributed by atoms with E-state index in [2.05, 4.69) is 10.6 Å². The third kappa shape index (κ3) is 5.40. The van der Waals surface area contributed by atoms with Crippen molar-refractivity contribution >= 4 is 11.7 Å². The number of hydrogen-bond donors (Lipinski definition) is 4. The maximum absolute atomic E-state index is 12.6. The Morgan fingerprint density at radius 1 is 1.36 bits per heavy atom. The summed E-state index contributed by atoms with van der Waals surface area (Å²) < 4.78 is 37.7. The Labute approximate surface area is 124 Å². The van der Waals surface area contributed by atoms with Crippen molar-refractivity contribution in [2.75, 3.05) is 18.5 Å². The highest BCUT2D eigenvalue weighted by molar-refractivity contribution is 5.89. The van der Waals surface area contributed by atoms with E-state index in [4.69, 9.17) is 5.11 Å². The molecule has 9 heteroatoms. The first-order valence-corrected chi connectivity index (χ1v) is 6.51. The molecule has 0 aromatic carbocycles. The lowest BCUT2D eigenvalue weighted by Crippen LogP contribution is -2.38. The van der Waals surface area contributed by atoms with E-state index in [1.165, 1.54) is 0 Å². The van der Waals surface area contributed by atoms with Gasteiger partial charge >= 0.3 is 12.2 Å². The normalized spacial score (nSPS) is 12.1. The number of rotatable bonds is 5. The van der Waals surface area contributed by atoms with Crippen LogP contribution in [0.2, 0.25) is 0 Å². The van der Waals surface area contributed by atoms with Gasteiger partial charge in [0.05, 0.1) is 5.56 Å². The van der Waals surface area contributed by atoms with Gasteiger partial charge < -0.3 is 20.7 Å². The molecule has 1 aromatic heterocycles. The van der Waals surface area contributed by atoms with Crippen LogP contribution in [0.5, 0.6) is 0 Å². The summed E-state index contributed by atoms with van der Waals surface area (Å²) in [4.78, 5) is 25.0. The lowest BCUT2D eigenvalue weighted by Gasteiger charge is -2.23. The number of aromatic nitrogens is 1. The summed E-state index contributed by atoms with van der Waals surface area (Å²) in [6.07, 6.45) is -3.65. The summed E-state index contributed by atoms with van der Waals surface area (Å²) in [6, 6.07) is -0.229. The predicted molar refractivity (Wildman–Crippen MR) is 74.6 cm³/mol. The third-order valence-corrected chi connectivity index (χ3v) is 2.99. The molecule has 0 aliphatic heterocycles. The molecular formula is C13H18F3N3O3. The van der Waals surface area contributed by atoms with Crippen LogP contribution in [0.4, 0.5) is 23.7 Å². The van der Waals surface area contributed by atoms with Gasteiger partial charge in [0.15, 0.2) is 0 Å². The highest BCUT2D eigenvalue weighted by atomic mass is 19.4. The first-order chi connectivity index (χ1) is 10.0. The van der Waals surface area contributed by atoms with Crippen LogP contribution in [-0.2, 0) is 6.18 Å². The van der Waals surface area contributed by atoms with Gasteiger partial charge in [-0.2, -0.15) is 13.2 Å². The molecule has 124 valence electrons. The van der Waals surface area contributed by atoms with Gasteiger partial charge in [-0.15, -0.1) is 0 Å². The summed E-state index contributed by atoms with van der Waals surface area (Å²) in [5.41, 5.74) is -2.78. The minimum atomic E-state index is -4.62. The van der Waals surface area contributed by atoms with Crippen LogP contribution in [-0.4, -0.2) is 29.3 Å². The Kier molecular flexibility index (Phi) is 5.59. The van der Waals surface area contributed by atoms with Crippen LogP contribution < -0.4 is 16.2 Å². The zero-order chi connectivity index (χ0) is 17.0. The number of aromatic amines is 1. The smallest absolute Gasteiger partial charge is 0.396 e. The first-order valence-electron chi connectivity index (χ1n) is 6.51. The van der Waals surface area contributed by atoms with E-state index in [-0.39, 0.29) is 18.6 Å². The lowest BCUT2D eigenvalue weighted by atomic mass is 9.90. The van der Waals surface area contributed by atoms with Crippen LogP contribution in [0.25, 0.3) is 0 Å². The van der Waals surface area contributed by atoms with Crippen molar-refractivity contribution in [3.05, 3.63) is 28.2 Å². The number of carbonyl (C=O) groups is 1. The number of carbonyl (C=O) groups excluding carboxylic acids is 1. The molecular weight excluding hydrogens is 303 g/mol. The Balaban J connectivity index is 2.74. The number of H-pyrrole nitrogens is 1. The first kappa shape index (κ1) is 18.0. The van der Waals surface area contributed by atoms with Crippen LogP contribution in [0.3, 0.4) is 0 Å². The number of aliphatic hydroxyl groups excluding tert-OH is 1. The topological polar surface area (TPSA) is 94.2 Å². The van der Waals surface area contributed by atoms with E-state index >= 15 is 0 Å². The van der Waals surface area contributed by atoms with Gasteiger partial charge in [0.2, 0.25) is 0 Å². The van der Waals surface area contributed by atoms with Crippen molar-refractivity contribution < 1.29 is 23.1 Å². The highest BCUT2D eigenvalue weighted by Gasteiger charge is 2.31. The molecule has 1 aromatic rings. The molecule has 0 saturated heterocycles. The quantitative estimate of drug-likeness (QED) is 0.667. The summed E-state index contributed by atoms with van der Waals surface area (Å²) in [7, 11) is 0. The van der Waals surface area contributed by atoms with E-state index in [9.17, 15) is 22.8 Å². The van der Waals surface area contributed by atoms with Crippen molar-refractivity contribution in [3.63, 3.8) is 0 Å². The molecule has 0 aliphatic rings. The fourth-order valence-electron chi connectivity index (χ4n) is 1.62. The maximum Gasteiger partial charge on any atom is 0.417 e. The molecule has 22 heavy (non-hydrogen) atoms. The average Bonchev–Trinajstić information content (AvgIpc) is 2.38. The fraction of sp³-hybridized carbons (Fsp3) is 0.538. The van der Waals surface area contributed by atoms with Crippen molar-refractivity contribution in [1.29, 1.82) is 0 Å². The molecule has 0 saturated carbocycles. The number of nitrogens with one attached hydrogen (secondary N) is 3. The second-order valence-corrected chi connectivity index (χ2v) is 5.57. The predicted octanol–water partition coefficient (Wildman–Crippen LogP) is 1.92. The Hall–Kier alpha value is -2.03. The Bertz CT molecular complexity index is 582. The van der Waals surface area contributed by atoms with Crippen molar-refractivity contribution in [2.45, 2.75) is 26.4 Å². The molecule has 0 fully saturated rings. The van der Waals surface area contributed by atoms with Crippen LogP contribution in [0.1, 0.15) is 25.8 Å². The minimum Gasteiger partial charge on any atom is -0.396 e. The van der Waals surface area contributed by atoms with Crippen molar-refractivity contribution in [3.8, 4) is 0 Å². The largest absolute Gasteiger partial charge is 0.417 e.